The minimum atomic E-state index is -0.186. The second-order valence-corrected chi connectivity index (χ2v) is 8.81. The molecule has 1 fully saturated rings. The molecule has 1 aliphatic rings. The lowest BCUT2D eigenvalue weighted by Gasteiger charge is -2.26. The van der Waals surface area contributed by atoms with Crippen LogP contribution >= 0.6 is 0 Å². The summed E-state index contributed by atoms with van der Waals surface area (Å²) in [6.07, 6.45) is 12.3. The molecule has 0 radical (unpaired) electrons. The molecule has 192 valence electrons. The van der Waals surface area contributed by atoms with E-state index in [4.69, 9.17) is 9.73 Å². The number of rotatable bonds is 11. The van der Waals surface area contributed by atoms with Crippen molar-refractivity contribution in [2.75, 3.05) is 32.8 Å². The number of hydrogen-bond donors (Lipinski definition) is 1. The Morgan fingerprint density at radius 3 is 2.67 bits per heavy atom. The average molecular weight is 490 g/mol. The van der Waals surface area contributed by atoms with Crippen LogP contribution in [-0.2, 0) is 4.74 Å². The molecule has 1 aromatic heterocycles. The first kappa shape index (κ1) is 27.3. The number of ether oxygens (including phenoxy) is 1. The number of benzene rings is 1. The molecule has 0 saturated carbocycles. The van der Waals surface area contributed by atoms with E-state index in [1.807, 2.05) is 63.4 Å². The minimum absolute atomic E-state index is 0.186. The Bertz CT molecular complexity index is 1110. The van der Waals surface area contributed by atoms with Gasteiger partial charge in [0.25, 0.3) is 5.91 Å². The molecule has 0 aliphatic carbocycles. The van der Waals surface area contributed by atoms with E-state index in [9.17, 15) is 4.79 Å². The molecule has 0 atom stereocenters. The number of hydrogen-bond acceptors (Lipinski definition) is 5. The second-order valence-electron chi connectivity index (χ2n) is 8.81. The molecule has 2 aromatic rings. The van der Waals surface area contributed by atoms with Crippen molar-refractivity contribution in [2.24, 2.45) is 4.99 Å². The van der Waals surface area contributed by atoms with Gasteiger partial charge in [-0.1, -0.05) is 31.2 Å². The highest BCUT2D eigenvalue weighted by Gasteiger charge is 2.15. The number of nitrogens with one attached hydrogen (secondary N) is 1. The van der Waals surface area contributed by atoms with Crippen LogP contribution in [0.5, 0.6) is 0 Å². The summed E-state index contributed by atoms with van der Waals surface area (Å²) < 4.78 is 7.23. The van der Waals surface area contributed by atoms with Crippen molar-refractivity contribution in [3.8, 4) is 5.69 Å². The van der Waals surface area contributed by atoms with E-state index >= 15 is 0 Å². The van der Waals surface area contributed by atoms with Gasteiger partial charge < -0.3 is 10.1 Å². The number of amides is 1. The fraction of sp³-hybridized carbons (Fsp3) is 0.414. The van der Waals surface area contributed by atoms with Crippen molar-refractivity contribution in [3.63, 3.8) is 0 Å². The Balaban J connectivity index is 1.67. The van der Waals surface area contributed by atoms with Crippen molar-refractivity contribution in [1.29, 1.82) is 0 Å². The predicted octanol–water partition coefficient (Wildman–Crippen LogP) is 5.24. The normalized spacial score (nSPS) is 16.1. The lowest BCUT2D eigenvalue weighted by Crippen LogP contribution is -2.36. The predicted molar refractivity (Wildman–Crippen MR) is 147 cm³/mol. The van der Waals surface area contributed by atoms with Gasteiger partial charge in [0.1, 0.15) is 0 Å². The van der Waals surface area contributed by atoms with E-state index in [0.29, 0.717) is 5.56 Å². The van der Waals surface area contributed by atoms with Gasteiger partial charge in [0, 0.05) is 25.5 Å². The molecule has 1 N–H and O–H groups in total. The third-order valence-electron chi connectivity index (χ3n) is 6.21. The van der Waals surface area contributed by atoms with Crippen molar-refractivity contribution >= 4 is 12.1 Å². The molecule has 0 unspecified atom stereocenters. The molecular weight excluding hydrogens is 450 g/mol. The maximum absolute atomic E-state index is 12.8. The van der Waals surface area contributed by atoms with Gasteiger partial charge in [0.05, 0.1) is 42.1 Å². The zero-order valence-corrected chi connectivity index (χ0v) is 22.0. The number of aliphatic imine (C=N–C) groups is 1. The summed E-state index contributed by atoms with van der Waals surface area (Å²) in [5.41, 5.74) is 5.50. The number of carbonyl (C=O) groups excluding carboxylic acids is 1. The van der Waals surface area contributed by atoms with Crippen LogP contribution in [-0.4, -0.2) is 59.7 Å². The molecule has 1 aromatic carbocycles. The summed E-state index contributed by atoms with van der Waals surface area (Å²) in [6, 6.07) is 9.79. The van der Waals surface area contributed by atoms with Crippen LogP contribution in [0, 0.1) is 6.92 Å². The number of morpholine rings is 1. The first-order valence-corrected chi connectivity index (χ1v) is 12.8. The Morgan fingerprint density at radius 1 is 1.22 bits per heavy atom. The second kappa shape index (κ2) is 14.3. The lowest BCUT2D eigenvalue weighted by molar-refractivity contribution is 0.0375. The van der Waals surface area contributed by atoms with Gasteiger partial charge in [-0.2, -0.15) is 5.10 Å². The Kier molecular flexibility index (Phi) is 10.9. The molecule has 0 spiro atoms. The van der Waals surface area contributed by atoms with Crippen molar-refractivity contribution in [2.45, 2.75) is 47.0 Å². The van der Waals surface area contributed by atoms with Crippen LogP contribution in [0.15, 0.2) is 76.7 Å². The highest BCUT2D eigenvalue weighted by atomic mass is 16.5. The number of nitrogens with zero attached hydrogens (tertiary/aromatic N) is 4. The first-order valence-electron chi connectivity index (χ1n) is 12.8. The molecule has 0 bridgehead atoms. The minimum Gasteiger partial charge on any atom is -0.379 e. The molecule has 1 aliphatic heterocycles. The van der Waals surface area contributed by atoms with Gasteiger partial charge in [0.2, 0.25) is 0 Å². The molecule has 36 heavy (non-hydrogen) atoms. The van der Waals surface area contributed by atoms with Gasteiger partial charge in [0.15, 0.2) is 0 Å². The number of carbonyl (C=O) groups is 1. The molecule has 7 heteroatoms. The fourth-order valence-corrected chi connectivity index (χ4v) is 4.31. The number of allylic oxidation sites excluding steroid dienone is 4. The summed E-state index contributed by atoms with van der Waals surface area (Å²) in [7, 11) is 0. The number of para-hydroxylation sites is 1. The van der Waals surface area contributed by atoms with Crippen LogP contribution in [0.2, 0.25) is 0 Å². The number of aromatic nitrogens is 2. The van der Waals surface area contributed by atoms with E-state index in [1.54, 1.807) is 17.1 Å². The largest absolute Gasteiger partial charge is 0.379 e. The average Bonchev–Trinajstić information content (AvgIpc) is 3.29. The summed E-state index contributed by atoms with van der Waals surface area (Å²) >= 11 is 0. The first-order chi connectivity index (χ1) is 17.5. The lowest BCUT2D eigenvalue weighted by atomic mass is 10.0. The highest BCUT2D eigenvalue weighted by Crippen LogP contribution is 2.23. The SMILES string of the molecule is CC=NC(=C(C)\C=C\NC(=O)c1cnn(-c2ccccc2)c1C)/C(=C/CC)CCCN1CCOCC1. The smallest absolute Gasteiger partial charge is 0.258 e. The molecule has 2 heterocycles. The zero-order chi connectivity index (χ0) is 25.8. The van der Waals surface area contributed by atoms with Gasteiger partial charge in [-0.05, 0) is 75.9 Å². The van der Waals surface area contributed by atoms with Gasteiger partial charge in [-0.15, -0.1) is 0 Å². The summed E-state index contributed by atoms with van der Waals surface area (Å²) in [5.74, 6) is -0.186. The van der Waals surface area contributed by atoms with E-state index in [-0.39, 0.29) is 5.91 Å². The standard InChI is InChI=1S/C29H39N5O2/c1-5-11-25(12-10-17-33-18-20-36-21-19-33)28(30-6-2)23(3)15-16-31-29(35)27-22-32-34(24(27)4)26-13-8-7-9-14-26/h6-9,11,13-16,22H,5,10,12,17-21H2,1-4H3,(H,31,35)/b16-15+,25-11+,28-23-,30-6?. The van der Waals surface area contributed by atoms with E-state index in [0.717, 1.165) is 74.8 Å². The Morgan fingerprint density at radius 2 is 1.97 bits per heavy atom. The third kappa shape index (κ3) is 7.60. The van der Waals surface area contributed by atoms with E-state index in [1.165, 1.54) is 5.57 Å². The maximum Gasteiger partial charge on any atom is 0.258 e. The summed E-state index contributed by atoms with van der Waals surface area (Å²) in [6.45, 7) is 12.7. The molecular formula is C29H39N5O2. The van der Waals surface area contributed by atoms with Gasteiger partial charge in [-0.25, -0.2) is 4.68 Å². The van der Waals surface area contributed by atoms with Gasteiger partial charge in [-0.3, -0.25) is 14.7 Å². The van der Waals surface area contributed by atoms with Crippen molar-refractivity contribution in [3.05, 3.63) is 83.0 Å². The third-order valence-corrected chi connectivity index (χ3v) is 6.21. The van der Waals surface area contributed by atoms with Crippen molar-refractivity contribution < 1.29 is 9.53 Å². The molecule has 1 saturated heterocycles. The monoisotopic (exact) mass is 489 g/mol. The quantitative estimate of drug-likeness (QED) is 0.346. The van der Waals surface area contributed by atoms with E-state index in [2.05, 4.69) is 28.3 Å². The summed E-state index contributed by atoms with van der Waals surface area (Å²) in [4.78, 5) is 20.0. The molecule has 7 nitrogen and oxygen atoms in total. The van der Waals surface area contributed by atoms with Gasteiger partial charge >= 0.3 is 0 Å². The van der Waals surface area contributed by atoms with Crippen molar-refractivity contribution in [1.82, 2.24) is 20.0 Å². The molecule has 1 amide bonds. The van der Waals surface area contributed by atoms with Crippen LogP contribution in [0.4, 0.5) is 0 Å². The maximum atomic E-state index is 12.8. The fourth-order valence-electron chi connectivity index (χ4n) is 4.31. The summed E-state index contributed by atoms with van der Waals surface area (Å²) in [5, 5.41) is 7.29. The Hall–Kier alpha value is -3.29. The molecule has 3 rings (SSSR count). The Labute approximate surface area is 215 Å². The van der Waals surface area contributed by atoms with E-state index < -0.39 is 0 Å². The van der Waals surface area contributed by atoms with Crippen LogP contribution in [0.1, 0.15) is 56.1 Å². The van der Waals surface area contributed by atoms with Crippen LogP contribution in [0.25, 0.3) is 5.69 Å². The highest BCUT2D eigenvalue weighted by molar-refractivity contribution is 5.95. The van der Waals surface area contributed by atoms with Crippen LogP contribution in [0.3, 0.4) is 0 Å². The topological polar surface area (TPSA) is 71.8 Å². The zero-order valence-electron chi connectivity index (χ0n) is 22.0. The van der Waals surface area contributed by atoms with Crippen LogP contribution < -0.4 is 5.32 Å².